The summed E-state index contributed by atoms with van der Waals surface area (Å²) in [6.07, 6.45) is -4.43. The molecule has 0 heterocycles. The van der Waals surface area contributed by atoms with Gasteiger partial charge in [0.05, 0.1) is 11.6 Å². The average molecular weight is 256 g/mol. The molecule has 1 aromatic rings. The van der Waals surface area contributed by atoms with Crippen LogP contribution in [0.4, 0.5) is 13.2 Å². The monoisotopic (exact) mass is 256 g/mol. The largest absolute Gasteiger partial charge is 0.416 e. The highest BCUT2D eigenvalue weighted by Gasteiger charge is 2.35. The molecule has 0 aliphatic carbocycles. The lowest BCUT2D eigenvalue weighted by atomic mass is 9.99. The third-order valence-electron chi connectivity index (χ3n) is 2.86. The molecule has 1 rings (SSSR count). The summed E-state index contributed by atoms with van der Waals surface area (Å²) in [7, 11) is 0. The molecule has 98 valence electrons. The van der Waals surface area contributed by atoms with Crippen molar-refractivity contribution < 1.29 is 13.2 Å². The molecule has 0 radical (unpaired) electrons. The van der Waals surface area contributed by atoms with E-state index in [4.69, 9.17) is 5.26 Å². The van der Waals surface area contributed by atoms with Crippen molar-refractivity contribution in [3.05, 3.63) is 35.4 Å². The minimum Gasteiger partial charge on any atom is -0.285 e. The van der Waals surface area contributed by atoms with Crippen LogP contribution < -0.4 is 0 Å². The van der Waals surface area contributed by atoms with Gasteiger partial charge in [0.15, 0.2) is 0 Å². The number of benzene rings is 1. The van der Waals surface area contributed by atoms with E-state index in [1.807, 2.05) is 19.9 Å². The Labute approximate surface area is 105 Å². The van der Waals surface area contributed by atoms with Crippen molar-refractivity contribution >= 4 is 0 Å². The molecule has 0 spiro atoms. The van der Waals surface area contributed by atoms with Crippen LogP contribution in [0, 0.1) is 11.3 Å². The van der Waals surface area contributed by atoms with E-state index in [0.717, 1.165) is 6.07 Å². The fraction of sp³-hybridized carbons (Fsp3) is 0.462. The van der Waals surface area contributed by atoms with Gasteiger partial charge in [0.2, 0.25) is 0 Å². The topological polar surface area (TPSA) is 27.0 Å². The molecule has 0 saturated carbocycles. The summed E-state index contributed by atoms with van der Waals surface area (Å²) in [4.78, 5) is 1.70. The second-order valence-electron chi connectivity index (χ2n) is 3.84. The highest BCUT2D eigenvalue weighted by Crippen LogP contribution is 2.35. The summed E-state index contributed by atoms with van der Waals surface area (Å²) in [5, 5.41) is 9.14. The molecule has 1 atom stereocenters. The van der Waals surface area contributed by atoms with Crippen LogP contribution in [-0.4, -0.2) is 18.0 Å². The third kappa shape index (κ3) is 3.02. The predicted molar refractivity (Wildman–Crippen MR) is 62.7 cm³/mol. The first-order valence-electron chi connectivity index (χ1n) is 5.75. The molecule has 1 unspecified atom stereocenters. The number of nitrogens with zero attached hydrogens (tertiary/aromatic N) is 2. The Kier molecular flexibility index (Phi) is 4.74. The van der Waals surface area contributed by atoms with Crippen molar-refractivity contribution in [2.45, 2.75) is 26.1 Å². The van der Waals surface area contributed by atoms with E-state index in [1.165, 1.54) is 18.2 Å². The van der Waals surface area contributed by atoms with Gasteiger partial charge in [-0.05, 0) is 24.7 Å². The van der Waals surface area contributed by atoms with Crippen LogP contribution in [0.1, 0.15) is 31.0 Å². The summed E-state index contributed by atoms with van der Waals surface area (Å²) >= 11 is 0. The first kappa shape index (κ1) is 14.5. The second kappa shape index (κ2) is 5.87. The highest BCUT2D eigenvalue weighted by molar-refractivity contribution is 5.35. The van der Waals surface area contributed by atoms with Gasteiger partial charge < -0.3 is 0 Å². The minimum absolute atomic E-state index is 0.0243. The summed E-state index contributed by atoms with van der Waals surface area (Å²) in [6, 6.07) is 6.35. The van der Waals surface area contributed by atoms with Crippen LogP contribution in [0.25, 0.3) is 0 Å². The maximum atomic E-state index is 12.9. The van der Waals surface area contributed by atoms with Crippen molar-refractivity contribution in [2.24, 2.45) is 0 Å². The summed E-state index contributed by atoms with van der Waals surface area (Å²) in [5.41, 5.74) is -0.709. The zero-order valence-electron chi connectivity index (χ0n) is 10.3. The summed E-state index contributed by atoms with van der Waals surface area (Å²) in [5.74, 6) is 0. The van der Waals surface area contributed by atoms with Gasteiger partial charge in [-0.15, -0.1) is 0 Å². The molecule has 0 aromatic heterocycles. The molecule has 18 heavy (non-hydrogen) atoms. The normalized spacial score (nSPS) is 13.4. The first-order valence-corrected chi connectivity index (χ1v) is 5.75. The molecule has 0 bridgehead atoms. The fourth-order valence-corrected chi connectivity index (χ4v) is 1.93. The fourth-order valence-electron chi connectivity index (χ4n) is 1.93. The number of nitriles is 1. The zero-order chi connectivity index (χ0) is 13.8. The number of alkyl halides is 3. The Morgan fingerprint density at radius 2 is 1.78 bits per heavy atom. The van der Waals surface area contributed by atoms with Crippen LogP contribution in [0.3, 0.4) is 0 Å². The number of rotatable bonds is 4. The Morgan fingerprint density at radius 1 is 1.22 bits per heavy atom. The zero-order valence-corrected chi connectivity index (χ0v) is 10.3. The van der Waals surface area contributed by atoms with Gasteiger partial charge in [-0.25, -0.2) is 0 Å². The lowest BCUT2D eigenvalue weighted by Crippen LogP contribution is -2.29. The van der Waals surface area contributed by atoms with E-state index in [9.17, 15) is 13.2 Å². The molecular weight excluding hydrogens is 241 g/mol. The van der Waals surface area contributed by atoms with Crippen molar-refractivity contribution in [1.82, 2.24) is 4.90 Å². The molecular formula is C13H15F3N2. The van der Waals surface area contributed by atoms with Crippen molar-refractivity contribution in [3.8, 4) is 6.07 Å². The molecule has 5 heteroatoms. The molecule has 0 N–H and O–H groups in total. The van der Waals surface area contributed by atoms with E-state index in [0.29, 0.717) is 13.1 Å². The van der Waals surface area contributed by atoms with Crippen LogP contribution in [0.15, 0.2) is 24.3 Å². The molecule has 0 aliphatic heterocycles. The molecule has 0 aliphatic rings. The summed E-state index contributed by atoms with van der Waals surface area (Å²) in [6.45, 7) is 4.70. The van der Waals surface area contributed by atoms with Crippen molar-refractivity contribution in [1.29, 1.82) is 5.26 Å². The smallest absolute Gasteiger partial charge is 0.285 e. The van der Waals surface area contributed by atoms with Gasteiger partial charge in [0, 0.05) is 0 Å². The van der Waals surface area contributed by atoms with Gasteiger partial charge >= 0.3 is 6.18 Å². The van der Waals surface area contributed by atoms with Gasteiger partial charge in [0.1, 0.15) is 6.04 Å². The average Bonchev–Trinajstić information content (AvgIpc) is 2.34. The van der Waals surface area contributed by atoms with E-state index in [1.54, 1.807) is 4.90 Å². The Balaban J connectivity index is 3.27. The lowest BCUT2D eigenvalue weighted by molar-refractivity contribution is -0.138. The SMILES string of the molecule is CCN(CC)C(C#N)c1ccccc1C(F)(F)F. The second-order valence-corrected chi connectivity index (χ2v) is 3.84. The maximum absolute atomic E-state index is 12.9. The van der Waals surface area contributed by atoms with Crippen molar-refractivity contribution in [2.75, 3.05) is 13.1 Å². The molecule has 1 aromatic carbocycles. The van der Waals surface area contributed by atoms with Crippen molar-refractivity contribution in [3.63, 3.8) is 0 Å². The first-order chi connectivity index (χ1) is 8.45. The number of hydrogen-bond donors (Lipinski definition) is 0. The quantitative estimate of drug-likeness (QED) is 0.822. The Morgan fingerprint density at radius 3 is 2.22 bits per heavy atom. The van der Waals surface area contributed by atoms with Crippen LogP contribution in [0.2, 0.25) is 0 Å². The molecule has 0 amide bonds. The van der Waals surface area contributed by atoms with E-state index in [2.05, 4.69) is 0 Å². The van der Waals surface area contributed by atoms with Crippen LogP contribution in [0.5, 0.6) is 0 Å². The Hall–Kier alpha value is -1.54. The van der Waals surface area contributed by atoms with Gasteiger partial charge in [-0.2, -0.15) is 18.4 Å². The standard InChI is InChI=1S/C13H15F3N2/c1-3-18(4-2)12(9-17)10-7-5-6-8-11(10)13(14,15)16/h5-8,12H,3-4H2,1-2H3. The van der Waals surface area contributed by atoms with Crippen LogP contribution in [-0.2, 0) is 6.18 Å². The molecule has 0 fully saturated rings. The molecule has 0 saturated heterocycles. The lowest BCUT2D eigenvalue weighted by Gasteiger charge is -2.26. The number of halogens is 3. The van der Waals surface area contributed by atoms with Gasteiger partial charge in [0.25, 0.3) is 0 Å². The van der Waals surface area contributed by atoms with E-state index < -0.39 is 17.8 Å². The number of hydrogen-bond acceptors (Lipinski definition) is 2. The highest BCUT2D eigenvalue weighted by atomic mass is 19.4. The maximum Gasteiger partial charge on any atom is 0.416 e. The van der Waals surface area contributed by atoms with E-state index in [-0.39, 0.29) is 5.56 Å². The predicted octanol–water partition coefficient (Wildman–Crippen LogP) is 3.61. The minimum atomic E-state index is -4.43. The Bertz CT molecular complexity index is 431. The van der Waals surface area contributed by atoms with Gasteiger partial charge in [-0.3, -0.25) is 4.90 Å². The molecule has 2 nitrogen and oxygen atoms in total. The van der Waals surface area contributed by atoms with Crippen LogP contribution >= 0.6 is 0 Å². The third-order valence-corrected chi connectivity index (χ3v) is 2.86. The summed E-state index contributed by atoms with van der Waals surface area (Å²) < 4.78 is 38.7. The van der Waals surface area contributed by atoms with Gasteiger partial charge in [-0.1, -0.05) is 32.0 Å². The van der Waals surface area contributed by atoms with E-state index >= 15 is 0 Å².